The van der Waals surface area contributed by atoms with Crippen molar-refractivity contribution < 1.29 is 18.8 Å². The topological polar surface area (TPSA) is 93.2 Å². The minimum atomic E-state index is -0.760. The van der Waals surface area contributed by atoms with Crippen LogP contribution in [-0.4, -0.2) is 10.9 Å². The van der Waals surface area contributed by atoms with Gasteiger partial charge < -0.3 is 4.74 Å². The normalized spacial score (nSPS) is 10.8. The number of carbonyl (C=O) groups is 1. The molecule has 6 nitrogen and oxygen atoms in total. The third-order valence-electron chi connectivity index (χ3n) is 3.96. The Labute approximate surface area is 165 Å². The van der Waals surface area contributed by atoms with Crippen LogP contribution in [0.1, 0.15) is 21.5 Å². The summed E-state index contributed by atoms with van der Waals surface area (Å²) in [6.45, 7) is 0. The smallest absolute Gasteiger partial charge is 0.343 e. The molecule has 0 aromatic heterocycles. The SMILES string of the molecule is N#C/C(=C/c1cccc(OC(=O)c2cccc([N+](=O)[O-])c2)c1)c1ccccc1F. The van der Waals surface area contributed by atoms with E-state index in [2.05, 4.69) is 0 Å². The van der Waals surface area contributed by atoms with E-state index < -0.39 is 16.7 Å². The lowest BCUT2D eigenvalue weighted by molar-refractivity contribution is -0.384. The van der Waals surface area contributed by atoms with Crippen LogP contribution in [-0.2, 0) is 0 Å². The van der Waals surface area contributed by atoms with Gasteiger partial charge in [-0.2, -0.15) is 5.26 Å². The number of ether oxygens (including phenoxy) is 1. The van der Waals surface area contributed by atoms with Crippen LogP contribution in [0.25, 0.3) is 11.6 Å². The number of nitrogens with zero attached hydrogens (tertiary/aromatic N) is 2. The minimum Gasteiger partial charge on any atom is -0.423 e. The molecule has 0 amide bonds. The molecule has 3 aromatic rings. The first-order valence-electron chi connectivity index (χ1n) is 8.41. The summed E-state index contributed by atoms with van der Waals surface area (Å²) in [7, 11) is 0. The van der Waals surface area contributed by atoms with Gasteiger partial charge in [0.2, 0.25) is 0 Å². The van der Waals surface area contributed by atoms with Crippen LogP contribution in [0, 0.1) is 27.3 Å². The molecule has 0 heterocycles. The molecule has 0 saturated carbocycles. The number of rotatable bonds is 5. The van der Waals surface area contributed by atoms with Gasteiger partial charge in [-0.1, -0.05) is 36.4 Å². The lowest BCUT2D eigenvalue weighted by Crippen LogP contribution is -2.08. The molecule has 0 fully saturated rings. The molecular weight excluding hydrogens is 375 g/mol. The summed E-state index contributed by atoms with van der Waals surface area (Å²) in [5.41, 5.74) is 0.609. The number of nitro benzene ring substituents is 1. The molecule has 0 bridgehead atoms. The summed E-state index contributed by atoms with van der Waals surface area (Å²) < 4.78 is 19.2. The highest BCUT2D eigenvalue weighted by Crippen LogP contribution is 2.23. The van der Waals surface area contributed by atoms with Gasteiger partial charge in [0.25, 0.3) is 5.69 Å². The Hall–Kier alpha value is -4.31. The van der Waals surface area contributed by atoms with Gasteiger partial charge in [-0.05, 0) is 35.9 Å². The number of nitro groups is 1. The highest BCUT2D eigenvalue weighted by atomic mass is 19.1. The van der Waals surface area contributed by atoms with Gasteiger partial charge in [-0.25, -0.2) is 9.18 Å². The van der Waals surface area contributed by atoms with E-state index in [4.69, 9.17) is 4.74 Å². The van der Waals surface area contributed by atoms with Crippen molar-refractivity contribution in [3.63, 3.8) is 0 Å². The van der Waals surface area contributed by atoms with Crippen LogP contribution in [0.2, 0.25) is 0 Å². The average molecular weight is 388 g/mol. The van der Waals surface area contributed by atoms with E-state index in [0.29, 0.717) is 5.56 Å². The van der Waals surface area contributed by atoms with E-state index in [-0.39, 0.29) is 28.1 Å². The van der Waals surface area contributed by atoms with Crippen molar-refractivity contribution in [1.29, 1.82) is 5.26 Å². The number of halogens is 1. The van der Waals surface area contributed by atoms with Crippen LogP contribution in [0.3, 0.4) is 0 Å². The van der Waals surface area contributed by atoms with E-state index in [0.717, 1.165) is 6.07 Å². The van der Waals surface area contributed by atoms with Gasteiger partial charge in [-0.15, -0.1) is 0 Å². The number of nitriles is 1. The van der Waals surface area contributed by atoms with Crippen molar-refractivity contribution >= 4 is 23.3 Å². The summed E-state index contributed by atoms with van der Waals surface area (Å²) >= 11 is 0. The van der Waals surface area contributed by atoms with Crippen LogP contribution in [0.5, 0.6) is 5.75 Å². The molecule has 0 saturated heterocycles. The number of hydrogen-bond acceptors (Lipinski definition) is 5. The predicted octanol–water partition coefficient (Wildman–Crippen LogP) is 5.02. The Balaban J connectivity index is 1.85. The summed E-state index contributed by atoms with van der Waals surface area (Å²) in [4.78, 5) is 22.5. The van der Waals surface area contributed by atoms with Gasteiger partial charge in [-0.3, -0.25) is 10.1 Å². The molecular formula is C22H13FN2O4. The summed E-state index contributed by atoms with van der Waals surface area (Å²) in [6.07, 6.45) is 1.48. The second-order valence-electron chi connectivity index (χ2n) is 5.92. The first-order valence-corrected chi connectivity index (χ1v) is 8.41. The van der Waals surface area contributed by atoms with E-state index in [9.17, 15) is 24.6 Å². The third-order valence-corrected chi connectivity index (χ3v) is 3.96. The van der Waals surface area contributed by atoms with Crippen molar-refractivity contribution in [2.45, 2.75) is 0 Å². The number of carbonyl (C=O) groups excluding carboxylic acids is 1. The molecule has 0 N–H and O–H groups in total. The predicted molar refractivity (Wildman–Crippen MR) is 104 cm³/mol. The molecule has 3 rings (SSSR count). The third kappa shape index (κ3) is 4.70. The number of allylic oxidation sites excluding steroid dienone is 1. The van der Waals surface area contributed by atoms with Crippen molar-refractivity contribution in [3.05, 3.63) is 105 Å². The fraction of sp³-hybridized carbons (Fsp3) is 0. The number of hydrogen-bond donors (Lipinski definition) is 0. The van der Waals surface area contributed by atoms with Crippen molar-refractivity contribution in [1.82, 2.24) is 0 Å². The monoisotopic (exact) mass is 388 g/mol. The Morgan fingerprint density at radius 1 is 1.07 bits per heavy atom. The summed E-state index contributed by atoms with van der Waals surface area (Å²) in [5, 5.41) is 20.2. The van der Waals surface area contributed by atoms with Gasteiger partial charge >= 0.3 is 5.97 Å². The van der Waals surface area contributed by atoms with Gasteiger partial charge in [0, 0.05) is 17.7 Å². The number of esters is 1. The maximum Gasteiger partial charge on any atom is 0.343 e. The zero-order chi connectivity index (χ0) is 20.8. The maximum atomic E-state index is 13.9. The molecule has 29 heavy (non-hydrogen) atoms. The standard InChI is InChI=1S/C22H13FN2O4/c23-21-10-2-1-9-20(21)17(14-24)11-15-5-3-8-19(12-15)29-22(26)16-6-4-7-18(13-16)25(27)28/h1-13H/b17-11-. The summed E-state index contributed by atoms with van der Waals surface area (Å²) in [5.74, 6) is -1.10. The fourth-order valence-corrected chi connectivity index (χ4v) is 2.60. The molecule has 0 aliphatic rings. The van der Waals surface area contributed by atoms with E-state index in [1.165, 1.54) is 54.6 Å². The molecule has 0 unspecified atom stereocenters. The van der Waals surface area contributed by atoms with Gasteiger partial charge in [0.05, 0.1) is 22.1 Å². The molecule has 3 aromatic carbocycles. The van der Waals surface area contributed by atoms with Crippen molar-refractivity contribution in [2.24, 2.45) is 0 Å². The zero-order valence-electron chi connectivity index (χ0n) is 14.9. The number of non-ortho nitro benzene ring substituents is 1. The largest absolute Gasteiger partial charge is 0.423 e. The van der Waals surface area contributed by atoms with Crippen LogP contribution in [0.4, 0.5) is 10.1 Å². The lowest BCUT2D eigenvalue weighted by atomic mass is 10.0. The molecule has 0 spiro atoms. The Morgan fingerprint density at radius 3 is 2.55 bits per heavy atom. The van der Waals surface area contributed by atoms with Crippen molar-refractivity contribution in [2.75, 3.05) is 0 Å². The second-order valence-corrected chi connectivity index (χ2v) is 5.92. The van der Waals surface area contributed by atoms with E-state index in [1.54, 1.807) is 18.2 Å². The Bertz CT molecular complexity index is 1170. The highest BCUT2D eigenvalue weighted by Gasteiger charge is 2.14. The minimum absolute atomic E-state index is 0.0317. The molecule has 0 aliphatic carbocycles. The Kier molecular flexibility index (Phi) is 5.76. The number of benzene rings is 3. The van der Waals surface area contributed by atoms with Crippen LogP contribution < -0.4 is 4.74 Å². The molecule has 142 valence electrons. The fourth-order valence-electron chi connectivity index (χ4n) is 2.60. The lowest BCUT2D eigenvalue weighted by Gasteiger charge is -2.06. The van der Waals surface area contributed by atoms with E-state index in [1.807, 2.05) is 6.07 Å². The van der Waals surface area contributed by atoms with Gasteiger partial charge in [0.1, 0.15) is 11.6 Å². The van der Waals surface area contributed by atoms with Crippen molar-refractivity contribution in [3.8, 4) is 11.8 Å². The first-order chi connectivity index (χ1) is 14.0. The zero-order valence-corrected chi connectivity index (χ0v) is 14.9. The second kappa shape index (κ2) is 8.59. The Morgan fingerprint density at radius 2 is 1.83 bits per heavy atom. The van der Waals surface area contributed by atoms with Crippen LogP contribution in [0.15, 0.2) is 72.8 Å². The quantitative estimate of drug-likeness (QED) is 0.153. The molecule has 0 radical (unpaired) electrons. The average Bonchev–Trinajstić information content (AvgIpc) is 2.73. The van der Waals surface area contributed by atoms with Gasteiger partial charge in [0.15, 0.2) is 0 Å². The molecule has 0 aliphatic heterocycles. The summed E-state index contributed by atoms with van der Waals surface area (Å²) in [6, 6.07) is 19.4. The van der Waals surface area contributed by atoms with Crippen LogP contribution >= 0.6 is 0 Å². The molecule has 7 heteroatoms. The first kappa shape index (κ1) is 19.5. The molecule has 0 atom stereocenters. The highest BCUT2D eigenvalue weighted by molar-refractivity contribution is 5.92. The van der Waals surface area contributed by atoms with E-state index >= 15 is 0 Å². The maximum absolute atomic E-state index is 13.9.